The Morgan fingerprint density at radius 3 is 2.38 bits per heavy atom. The first-order valence-electron chi connectivity index (χ1n) is 8.09. The number of Topliss-reactive ketones (excluding diaryl/α,β-unsaturated/α-hetero) is 1. The van der Waals surface area contributed by atoms with Crippen molar-refractivity contribution >= 4 is 23.3 Å². The van der Waals surface area contributed by atoms with E-state index in [1.54, 1.807) is 25.7 Å². The summed E-state index contributed by atoms with van der Waals surface area (Å²) in [5, 5.41) is 0. The average molecular weight is 370 g/mol. The monoisotopic (exact) mass is 370 g/mol. The third-order valence-electron chi connectivity index (χ3n) is 4.11. The van der Waals surface area contributed by atoms with Gasteiger partial charge in [-0.15, -0.1) is 0 Å². The Morgan fingerprint density at radius 2 is 1.96 bits per heavy atom. The van der Waals surface area contributed by atoms with Crippen LogP contribution >= 0.6 is 0 Å². The molecule has 1 fully saturated rings. The Labute approximate surface area is 149 Å². The second-order valence-electron chi connectivity index (χ2n) is 7.19. The van der Waals surface area contributed by atoms with Crippen LogP contribution in [0.4, 0.5) is 19.0 Å². The summed E-state index contributed by atoms with van der Waals surface area (Å²) >= 11 is 0. The van der Waals surface area contributed by atoms with Crippen molar-refractivity contribution < 1.29 is 22.8 Å². The summed E-state index contributed by atoms with van der Waals surface area (Å²) in [7, 11) is 0. The van der Waals surface area contributed by atoms with E-state index in [1.807, 2.05) is 0 Å². The minimum Gasteiger partial charge on any atom is -0.387 e. The first-order valence-corrected chi connectivity index (χ1v) is 8.09. The summed E-state index contributed by atoms with van der Waals surface area (Å²) < 4.78 is 37.8. The van der Waals surface area contributed by atoms with E-state index in [1.165, 1.54) is 6.07 Å². The molecule has 1 amide bonds. The van der Waals surface area contributed by atoms with Crippen LogP contribution in [0, 0.1) is 5.41 Å². The van der Waals surface area contributed by atoms with Crippen LogP contribution in [0.25, 0.3) is 0 Å². The van der Waals surface area contributed by atoms with Crippen LogP contribution in [0.15, 0.2) is 23.3 Å². The normalized spacial score (nSPS) is 18.5. The molecule has 0 aliphatic carbocycles. The van der Waals surface area contributed by atoms with Crippen LogP contribution in [-0.4, -0.2) is 35.1 Å². The molecule has 0 radical (unpaired) electrons. The lowest BCUT2D eigenvalue weighted by atomic mass is 9.89. The molecule has 0 saturated carbocycles. The zero-order chi connectivity index (χ0) is 19.7. The van der Waals surface area contributed by atoms with Gasteiger partial charge in [0, 0.05) is 18.2 Å². The van der Waals surface area contributed by atoms with Gasteiger partial charge in [0.05, 0.1) is 12.0 Å². The van der Waals surface area contributed by atoms with E-state index in [4.69, 9.17) is 5.73 Å². The summed E-state index contributed by atoms with van der Waals surface area (Å²) in [6.45, 7) is 5.71. The fourth-order valence-electron chi connectivity index (χ4n) is 2.33. The number of aliphatic imine (C=N–C) groups is 1. The molecule has 0 spiro atoms. The van der Waals surface area contributed by atoms with Gasteiger partial charge in [-0.3, -0.25) is 9.59 Å². The van der Waals surface area contributed by atoms with Gasteiger partial charge in [-0.05, 0) is 18.6 Å². The van der Waals surface area contributed by atoms with Gasteiger partial charge in [-0.2, -0.15) is 18.2 Å². The number of amides is 1. The molecule has 1 unspecified atom stereocenters. The Morgan fingerprint density at radius 1 is 1.31 bits per heavy atom. The number of pyridine rings is 1. The summed E-state index contributed by atoms with van der Waals surface area (Å²) in [6.07, 6.45) is -3.37. The van der Waals surface area contributed by atoms with E-state index in [9.17, 15) is 22.8 Å². The number of ketones is 1. The molecule has 2 rings (SSSR count). The minimum atomic E-state index is -4.46. The van der Waals surface area contributed by atoms with Crippen LogP contribution in [0.5, 0.6) is 0 Å². The van der Waals surface area contributed by atoms with E-state index in [0.717, 1.165) is 12.3 Å². The highest BCUT2D eigenvalue weighted by molar-refractivity contribution is 6.07. The Hall–Kier alpha value is -2.45. The second-order valence-corrected chi connectivity index (χ2v) is 7.19. The molecule has 2 N–H and O–H groups in total. The Balaban J connectivity index is 2.04. The quantitative estimate of drug-likeness (QED) is 0.650. The zero-order valence-electron chi connectivity index (χ0n) is 14.8. The summed E-state index contributed by atoms with van der Waals surface area (Å²) in [5.41, 5.74) is 4.25. The van der Waals surface area contributed by atoms with Crippen molar-refractivity contribution in [1.82, 2.24) is 4.98 Å². The van der Waals surface area contributed by atoms with Crippen molar-refractivity contribution in [3.63, 3.8) is 0 Å². The fraction of sp³-hybridized carbons (Fsp3) is 0.529. The molecule has 142 valence electrons. The van der Waals surface area contributed by atoms with Gasteiger partial charge < -0.3 is 10.6 Å². The number of carbonyl (C=O) groups excluding carboxylic acids is 2. The zero-order valence-corrected chi connectivity index (χ0v) is 14.8. The lowest BCUT2D eigenvalue weighted by molar-refractivity contribution is -0.137. The molecular weight excluding hydrogens is 349 g/mol. The van der Waals surface area contributed by atoms with Crippen LogP contribution in [0.2, 0.25) is 0 Å². The lowest BCUT2D eigenvalue weighted by Crippen LogP contribution is -2.52. The molecule has 2 heterocycles. The highest BCUT2D eigenvalue weighted by atomic mass is 19.4. The molecule has 9 heteroatoms. The maximum absolute atomic E-state index is 12.6. The third-order valence-corrected chi connectivity index (χ3v) is 4.11. The third kappa shape index (κ3) is 4.59. The molecule has 0 bridgehead atoms. The maximum atomic E-state index is 12.6. The van der Waals surface area contributed by atoms with Gasteiger partial charge in [0.25, 0.3) is 5.91 Å². The molecule has 1 aliphatic heterocycles. The topological polar surface area (TPSA) is 88.7 Å². The maximum Gasteiger partial charge on any atom is 0.417 e. The minimum absolute atomic E-state index is 0.0675. The molecule has 1 aromatic rings. The van der Waals surface area contributed by atoms with Crippen LogP contribution in [0.1, 0.15) is 39.2 Å². The summed E-state index contributed by atoms with van der Waals surface area (Å²) in [4.78, 5) is 33.3. The van der Waals surface area contributed by atoms with Gasteiger partial charge in [-0.1, -0.05) is 20.8 Å². The number of anilines is 1. The van der Waals surface area contributed by atoms with E-state index in [2.05, 4.69) is 9.98 Å². The van der Waals surface area contributed by atoms with Gasteiger partial charge in [0.1, 0.15) is 23.5 Å². The number of nitrogens with two attached hydrogens (primary N) is 1. The molecule has 6 nitrogen and oxygen atoms in total. The second kappa shape index (κ2) is 7.05. The number of rotatable bonds is 4. The molecule has 1 aliphatic rings. The van der Waals surface area contributed by atoms with Gasteiger partial charge in [0.2, 0.25) is 0 Å². The number of halogens is 3. The van der Waals surface area contributed by atoms with Crippen molar-refractivity contribution in [2.24, 2.45) is 16.1 Å². The molecule has 1 atom stereocenters. The molecule has 26 heavy (non-hydrogen) atoms. The number of hydrogen-bond acceptors (Lipinski definition) is 4. The predicted molar refractivity (Wildman–Crippen MR) is 90.7 cm³/mol. The van der Waals surface area contributed by atoms with Crippen LogP contribution in [-0.2, 0) is 15.8 Å². The average Bonchev–Trinajstić information content (AvgIpc) is 2.44. The van der Waals surface area contributed by atoms with Crippen LogP contribution < -0.4 is 10.6 Å². The van der Waals surface area contributed by atoms with Crippen molar-refractivity contribution in [3.8, 4) is 0 Å². The number of carbonyl (C=O) groups is 2. The van der Waals surface area contributed by atoms with Crippen LogP contribution in [0.3, 0.4) is 0 Å². The molecule has 1 saturated heterocycles. The molecule has 0 aromatic carbocycles. The fourth-order valence-corrected chi connectivity index (χ4v) is 2.33. The number of aromatic nitrogens is 1. The van der Waals surface area contributed by atoms with E-state index < -0.39 is 29.1 Å². The standard InChI is InChI=1S/C17H21F3N4O2/c1-16(2,3)12(25)8-13(21)23-15(26)11-6-7-24(11)14-5-4-10(9-22-14)17(18,19)20/h4-5,9,11H,6-8H2,1-3H3,(H2,21,23,26). The van der Waals surface area contributed by atoms with E-state index >= 15 is 0 Å². The number of alkyl halides is 3. The van der Waals surface area contributed by atoms with E-state index in [-0.39, 0.29) is 23.9 Å². The van der Waals surface area contributed by atoms with Gasteiger partial charge >= 0.3 is 6.18 Å². The Bertz CT molecular complexity index is 721. The smallest absolute Gasteiger partial charge is 0.387 e. The number of amidine groups is 1. The molecule has 1 aromatic heterocycles. The lowest BCUT2D eigenvalue weighted by Gasteiger charge is -2.39. The number of hydrogen-bond donors (Lipinski definition) is 1. The van der Waals surface area contributed by atoms with Crippen molar-refractivity contribution in [2.75, 3.05) is 11.4 Å². The SMILES string of the molecule is CC(C)(C)C(=O)CC(N)=NC(=O)C1CCN1c1ccc(C(F)(F)F)cn1. The highest BCUT2D eigenvalue weighted by Crippen LogP contribution is 2.31. The Kier molecular flexibility index (Phi) is 5.39. The highest BCUT2D eigenvalue weighted by Gasteiger charge is 2.36. The van der Waals surface area contributed by atoms with Gasteiger partial charge in [0.15, 0.2) is 0 Å². The van der Waals surface area contributed by atoms with Gasteiger partial charge in [-0.25, -0.2) is 4.98 Å². The van der Waals surface area contributed by atoms with Crippen molar-refractivity contribution in [3.05, 3.63) is 23.9 Å². The first kappa shape index (κ1) is 19.9. The van der Waals surface area contributed by atoms with Crippen molar-refractivity contribution in [2.45, 2.75) is 45.8 Å². The summed E-state index contributed by atoms with van der Waals surface area (Å²) in [5.74, 6) is -0.470. The molecular formula is C17H21F3N4O2. The first-order chi connectivity index (χ1) is 11.9. The number of nitrogens with zero attached hydrogens (tertiary/aromatic N) is 3. The summed E-state index contributed by atoms with van der Waals surface area (Å²) in [6, 6.07) is 1.50. The largest absolute Gasteiger partial charge is 0.417 e. The van der Waals surface area contributed by atoms with E-state index in [0.29, 0.717) is 13.0 Å². The van der Waals surface area contributed by atoms with Crippen molar-refractivity contribution in [1.29, 1.82) is 0 Å². The predicted octanol–water partition coefficient (Wildman–Crippen LogP) is 2.57.